The molecule has 20 heavy (non-hydrogen) atoms. The van der Waals surface area contributed by atoms with E-state index in [4.69, 9.17) is 15.6 Å². The summed E-state index contributed by atoms with van der Waals surface area (Å²) < 4.78 is 5.51. The zero-order chi connectivity index (χ0) is 14.4. The van der Waals surface area contributed by atoms with E-state index in [1.165, 1.54) is 0 Å². The van der Waals surface area contributed by atoms with Crippen LogP contribution in [0.15, 0.2) is 42.6 Å². The number of nitrogens with two attached hydrogens (primary N) is 1. The van der Waals surface area contributed by atoms with Crippen molar-refractivity contribution in [1.82, 2.24) is 4.98 Å². The number of pyridine rings is 1. The highest BCUT2D eigenvalue weighted by Gasteiger charge is 2.13. The molecule has 3 N–H and O–H groups in total. The van der Waals surface area contributed by atoms with Crippen molar-refractivity contribution in [2.24, 2.45) is 0 Å². The van der Waals surface area contributed by atoms with Crippen molar-refractivity contribution in [2.75, 3.05) is 12.3 Å². The van der Waals surface area contributed by atoms with Gasteiger partial charge in [0, 0.05) is 24.0 Å². The first-order chi connectivity index (χ1) is 9.68. The minimum atomic E-state index is -1.04. The molecule has 0 aliphatic rings. The molecule has 0 spiro atoms. The van der Waals surface area contributed by atoms with Crippen molar-refractivity contribution < 1.29 is 14.6 Å². The van der Waals surface area contributed by atoms with Crippen LogP contribution >= 0.6 is 0 Å². The van der Waals surface area contributed by atoms with E-state index in [9.17, 15) is 4.79 Å². The molecule has 0 saturated carbocycles. The van der Waals surface area contributed by atoms with Crippen LogP contribution in [-0.2, 0) is 17.8 Å². The van der Waals surface area contributed by atoms with E-state index in [1.807, 2.05) is 18.2 Å². The Morgan fingerprint density at radius 1 is 1.25 bits per heavy atom. The SMILES string of the molecule is Nc1cccc(COCCc2ccccn2)c1C(=O)O. The molecule has 0 fully saturated rings. The number of carboxylic acids is 1. The molecule has 0 amide bonds. The van der Waals surface area contributed by atoms with Gasteiger partial charge < -0.3 is 15.6 Å². The molecule has 1 heterocycles. The summed E-state index contributed by atoms with van der Waals surface area (Å²) in [6.45, 7) is 0.699. The predicted molar refractivity (Wildman–Crippen MR) is 75.4 cm³/mol. The fourth-order valence-corrected chi connectivity index (χ4v) is 1.91. The summed E-state index contributed by atoms with van der Waals surface area (Å²) >= 11 is 0. The molecular weight excluding hydrogens is 256 g/mol. The first-order valence-electron chi connectivity index (χ1n) is 6.27. The summed E-state index contributed by atoms with van der Waals surface area (Å²) in [5, 5.41) is 9.14. The summed E-state index contributed by atoms with van der Waals surface area (Å²) in [4.78, 5) is 15.3. The third-order valence-corrected chi connectivity index (χ3v) is 2.88. The average molecular weight is 272 g/mol. The number of rotatable bonds is 6. The number of aromatic nitrogens is 1. The van der Waals surface area contributed by atoms with E-state index in [0.717, 1.165) is 5.69 Å². The highest BCUT2D eigenvalue weighted by Crippen LogP contribution is 2.18. The molecule has 0 atom stereocenters. The zero-order valence-corrected chi connectivity index (χ0v) is 11.0. The van der Waals surface area contributed by atoms with Gasteiger partial charge in [0.05, 0.1) is 18.8 Å². The molecule has 0 radical (unpaired) electrons. The summed E-state index contributed by atoms with van der Waals surface area (Å²) in [5.74, 6) is -1.04. The molecule has 0 aliphatic heterocycles. The number of hydrogen-bond acceptors (Lipinski definition) is 4. The summed E-state index contributed by atoms with van der Waals surface area (Å²) in [7, 11) is 0. The van der Waals surface area contributed by atoms with Gasteiger partial charge >= 0.3 is 5.97 Å². The second kappa shape index (κ2) is 6.68. The molecule has 0 saturated heterocycles. The number of aromatic carboxylic acids is 1. The van der Waals surface area contributed by atoms with Crippen LogP contribution < -0.4 is 5.73 Å². The maximum atomic E-state index is 11.2. The molecule has 0 aliphatic carbocycles. The van der Waals surface area contributed by atoms with Gasteiger partial charge in [-0.1, -0.05) is 18.2 Å². The van der Waals surface area contributed by atoms with Gasteiger partial charge in [0.25, 0.3) is 0 Å². The van der Waals surface area contributed by atoms with E-state index < -0.39 is 5.97 Å². The van der Waals surface area contributed by atoms with Crippen molar-refractivity contribution in [1.29, 1.82) is 0 Å². The molecule has 2 aromatic rings. The van der Waals surface area contributed by atoms with Gasteiger partial charge in [0.2, 0.25) is 0 Å². The Balaban J connectivity index is 1.92. The lowest BCUT2D eigenvalue weighted by atomic mass is 10.1. The number of carbonyl (C=O) groups is 1. The smallest absolute Gasteiger partial charge is 0.338 e. The van der Waals surface area contributed by atoms with Gasteiger partial charge in [-0.15, -0.1) is 0 Å². The number of nitrogen functional groups attached to an aromatic ring is 1. The highest BCUT2D eigenvalue weighted by atomic mass is 16.5. The minimum absolute atomic E-state index is 0.116. The van der Waals surface area contributed by atoms with Crippen LogP contribution in [0.3, 0.4) is 0 Å². The highest BCUT2D eigenvalue weighted by molar-refractivity contribution is 5.95. The topological polar surface area (TPSA) is 85.4 Å². The van der Waals surface area contributed by atoms with Crippen molar-refractivity contribution in [3.63, 3.8) is 0 Å². The number of hydrogen-bond donors (Lipinski definition) is 2. The number of nitrogens with zero attached hydrogens (tertiary/aromatic N) is 1. The van der Waals surface area contributed by atoms with Gasteiger partial charge in [-0.3, -0.25) is 4.98 Å². The second-order valence-corrected chi connectivity index (χ2v) is 4.31. The molecule has 1 aromatic heterocycles. The quantitative estimate of drug-likeness (QED) is 0.621. The van der Waals surface area contributed by atoms with E-state index in [2.05, 4.69) is 4.98 Å². The third-order valence-electron chi connectivity index (χ3n) is 2.88. The summed E-state index contributed by atoms with van der Waals surface area (Å²) in [6.07, 6.45) is 2.42. The normalized spacial score (nSPS) is 10.4. The Hall–Kier alpha value is -2.40. The van der Waals surface area contributed by atoms with Crippen LogP contribution in [0.1, 0.15) is 21.6 Å². The van der Waals surface area contributed by atoms with E-state index >= 15 is 0 Å². The maximum Gasteiger partial charge on any atom is 0.338 e. The lowest BCUT2D eigenvalue weighted by Gasteiger charge is -2.09. The lowest BCUT2D eigenvalue weighted by Crippen LogP contribution is -2.09. The van der Waals surface area contributed by atoms with Gasteiger partial charge in [0.15, 0.2) is 0 Å². The lowest BCUT2D eigenvalue weighted by molar-refractivity contribution is 0.0689. The Bertz CT molecular complexity index is 585. The van der Waals surface area contributed by atoms with Gasteiger partial charge in [-0.05, 0) is 23.8 Å². The van der Waals surface area contributed by atoms with Crippen LogP contribution in [0.2, 0.25) is 0 Å². The third kappa shape index (κ3) is 3.55. The van der Waals surface area contributed by atoms with Gasteiger partial charge in [0.1, 0.15) is 0 Å². The fraction of sp³-hybridized carbons (Fsp3) is 0.200. The number of benzene rings is 1. The van der Waals surface area contributed by atoms with Crippen molar-refractivity contribution in [3.8, 4) is 0 Å². The van der Waals surface area contributed by atoms with Crippen molar-refractivity contribution >= 4 is 11.7 Å². The Morgan fingerprint density at radius 3 is 2.80 bits per heavy atom. The fourth-order valence-electron chi connectivity index (χ4n) is 1.91. The number of anilines is 1. The van der Waals surface area contributed by atoms with Crippen LogP contribution in [0, 0.1) is 0 Å². The Kier molecular flexibility index (Phi) is 4.68. The molecule has 1 aromatic carbocycles. The van der Waals surface area contributed by atoms with E-state index in [1.54, 1.807) is 24.4 Å². The van der Waals surface area contributed by atoms with Crippen LogP contribution in [0.4, 0.5) is 5.69 Å². The van der Waals surface area contributed by atoms with Crippen molar-refractivity contribution in [2.45, 2.75) is 13.0 Å². The molecule has 2 rings (SSSR count). The molecule has 104 valence electrons. The minimum Gasteiger partial charge on any atom is -0.478 e. The molecule has 0 bridgehead atoms. The van der Waals surface area contributed by atoms with Gasteiger partial charge in [-0.2, -0.15) is 0 Å². The average Bonchev–Trinajstić information content (AvgIpc) is 2.44. The standard InChI is InChI=1S/C15H16N2O3/c16-13-6-3-4-11(14(13)15(18)19)10-20-9-7-12-5-1-2-8-17-12/h1-6,8H,7,9-10,16H2,(H,18,19). The molecule has 5 nitrogen and oxygen atoms in total. The van der Waals surface area contributed by atoms with Crippen LogP contribution in [-0.4, -0.2) is 22.7 Å². The number of carboxylic acid groups (broad SMARTS) is 1. The number of ether oxygens (including phenoxy) is 1. The first-order valence-corrected chi connectivity index (χ1v) is 6.27. The molecule has 5 heteroatoms. The van der Waals surface area contributed by atoms with E-state index in [0.29, 0.717) is 18.6 Å². The second-order valence-electron chi connectivity index (χ2n) is 4.31. The first kappa shape index (κ1) is 14.0. The Labute approximate surface area is 117 Å². The summed E-state index contributed by atoms with van der Waals surface area (Å²) in [6, 6.07) is 10.7. The van der Waals surface area contributed by atoms with E-state index in [-0.39, 0.29) is 17.9 Å². The largest absolute Gasteiger partial charge is 0.478 e. The van der Waals surface area contributed by atoms with Gasteiger partial charge in [-0.25, -0.2) is 4.79 Å². The van der Waals surface area contributed by atoms with Crippen molar-refractivity contribution in [3.05, 3.63) is 59.4 Å². The monoisotopic (exact) mass is 272 g/mol. The zero-order valence-electron chi connectivity index (χ0n) is 11.0. The molecule has 0 unspecified atom stereocenters. The Morgan fingerprint density at radius 2 is 2.10 bits per heavy atom. The molecular formula is C15H16N2O3. The van der Waals surface area contributed by atoms with Crippen LogP contribution in [0.5, 0.6) is 0 Å². The van der Waals surface area contributed by atoms with Crippen LogP contribution in [0.25, 0.3) is 0 Å². The predicted octanol–water partition coefficient (Wildman–Crippen LogP) is 2.12. The summed E-state index contributed by atoms with van der Waals surface area (Å²) in [5.41, 5.74) is 7.57. The maximum absolute atomic E-state index is 11.2.